The van der Waals surface area contributed by atoms with E-state index >= 15 is 0 Å². The van der Waals surface area contributed by atoms with Crippen molar-refractivity contribution in [1.82, 2.24) is 20.8 Å². The number of hydrogen-bond donors (Lipinski definition) is 3. The maximum atomic E-state index is 11.5. The van der Waals surface area contributed by atoms with E-state index in [1.54, 1.807) is 0 Å². The van der Waals surface area contributed by atoms with Gasteiger partial charge in [0.25, 0.3) is 0 Å². The molecule has 0 radical (unpaired) electrons. The van der Waals surface area contributed by atoms with Crippen molar-refractivity contribution in [3.8, 4) is 0 Å². The number of amides is 1. The molecule has 0 aliphatic rings. The van der Waals surface area contributed by atoms with Gasteiger partial charge >= 0.3 is 6.01 Å². The van der Waals surface area contributed by atoms with E-state index < -0.39 is 0 Å². The van der Waals surface area contributed by atoms with Crippen LogP contribution in [0.5, 0.6) is 0 Å². The number of anilines is 1. The summed E-state index contributed by atoms with van der Waals surface area (Å²) in [6.45, 7) is 9.83. The summed E-state index contributed by atoms with van der Waals surface area (Å²) in [6, 6.07) is 0.276. The SMILES string of the molecule is CCCNC(C)c1nnc(NCC(=O)NCC(C)C)o1. The Morgan fingerprint density at radius 1 is 1.30 bits per heavy atom. The van der Waals surface area contributed by atoms with Crippen LogP contribution in [0.15, 0.2) is 4.42 Å². The van der Waals surface area contributed by atoms with E-state index in [0.29, 0.717) is 18.4 Å². The highest BCUT2D eigenvalue weighted by Gasteiger charge is 2.13. The molecule has 1 atom stereocenters. The molecule has 20 heavy (non-hydrogen) atoms. The summed E-state index contributed by atoms with van der Waals surface area (Å²) in [5, 5.41) is 16.7. The van der Waals surface area contributed by atoms with Crippen molar-refractivity contribution in [2.45, 2.75) is 40.2 Å². The Kier molecular flexibility index (Phi) is 7.00. The molecule has 1 rings (SSSR count). The summed E-state index contributed by atoms with van der Waals surface area (Å²) < 4.78 is 5.44. The van der Waals surface area contributed by atoms with Crippen LogP contribution in [0.4, 0.5) is 6.01 Å². The van der Waals surface area contributed by atoms with Crippen molar-refractivity contribution in [2.75, 3.05) is 25.0 Å². The maximum absolute atomic E-state index is 11.5. The molecule has 0 fully saturated rings. The van der Waals surface area contributed by atoms with E-state index in [0.717, 1.165) is 13.0 Å². The molecular weight excluding hydrogens is 258 g/mol. The van der Waals surface area contributed by atoms with Crippen LogP contribution >= 0.6 is 0 Å². The minimum absolute atomic E-state index is 0.00719. The highest BCUT2D eigenvalue weighted by Crippen LogP contribution is 2.13. The van der Waals surface area contributed by atoms with Crippen molar-refractivity contribution in [3.63, 3.8) is 0 Å². The zero-order chi connectivity index (χ0) is 15.0. The first-order valence-corrected chi connectivity index (χ1v) is 7.10. The number of nitrogens with zero attached hydrogens (tertiary/aromatic N) is 2. The van der Waals surface area contributed by atoms with Crippen LogP contribution in [0.2, 0.25) is 0 Å². The van der Waals surface area contributed by atoms with Crippen LogP contribution in [-0.4, -0.2) is 35.7 Å². The lowest BCUT2D eigenvalue weighted by molar-refractivity contribution is -0.119. The normalized spacial score (nSPS) is 12.4. The lowest BCUT2D eigenvalue weighted by atomic mass is 10.2. The number of carbonyl (C=O) groups excluding carboxylic acids is 1. The van der Waals surface area contributed by atoms with E-state index in [-0.39, 0.29) is 24.5 Å². The Morgan fingerprint density at radius 2 is 2.05 bits per heavy atom. The summed E-state index contributed by atoms with van der Waals surface area (Å²) in [7, 11) is 0. The Bertz CT molecular complexity index is 405. The molecule has 0 aliphatic heterocycles. The Morgan fingerprint density at radius 3 is 2.70 bits per heavy atom. The largest absolute Gasteiger partial charge is 0.406 e. The Labute approximate surface area is 119 Å². The van der Waals surface area contributed by atoms with Gasteiger partial charge in [0.05, 0.1) is 12.6 Å². The molecule has 114 valence electrons. The highest BCUT2D eigenvalue weighted by atomic mass is 16.4. The molecule has 1 amide bonds. The third-order valence-corrected chi connectivity index (χ3v) is 2.62. The number of aromatic nitrogens is 2. The highest BCUT2D eigenvalue weighted by molar-refractivity contribution is 5.79. The van der Waals surface area contributed by atoms with Gasteiger partial charge in [0.15, 0.2) is 0 Å². The summed E-state index contributed by atoms with van der Waals surface area (Å²) in [5.74, 6) is 0.860. The molecule has 3 N–H and O–H groups in total. The van der Waals surface area contributed by atoms with Crippen molar-refractivity contribution in [2.24, 2.45) is 5.92 Å². The standard InChI is InChI=1S/C13H25N5O2/c1-5-6-14-10(4)12-17-18-13(20-12)16-8-11(19)15-7-9(2)3/h9-10,14H,5-8H2,1-4H3,(H,15,19)(H,16,18). The van der Waals surface area contributed by atoms with Crippen molar-refractivity contribution >= 4 is 11.9 Å². The van der Waals surface area contributed by atoms with Gasteiger partial charge in [0, 0.05) is 6.54 Å². The quantitative estimate of drug-likeness (QED) is 0.633. The first-order valence-electron chi connectivity index (χ1n) is 7.10. The predicted octanol–water partition coefficient (Wildman–Crippen LogP) is 1.31. The first-order chi connectivity index (χ1) is 9.52. The maximum Gasteiger partial charge on any atom is 0.315 e. The molecule has 1 unspecified atom stereocenters. The van der Waals surface area contributed by atoms with E-state index in [4.69, 9.17) is 4.42 Å². The van der Waals surface area contributed by atoms with Crippen LogP contribution in [0.3, 0.4) is 0 Å². The monoisotopic (exact) mass is 283 g/mol. The van der Waals surface area contributed by atoms with Crippen LogP contribution in [-0.2, 0) is 4.79 Å². The third-order valence-electron chi connectivity index (χ3n) is 2.62. The summed E-state index contributed by atoms with van der Waals surface area (Å²) in [4.78, 5) is 11.5. The topological polar surface area (TPSA) is 92.1 Å². The van der Waals surface area contributed by atoms with Gasteiger partial charge in [-0.05, 0) is 25.8 Å². The van der Waals surface area contributed by atoms with Gasteiger partial charge in [0.1, 0.15) is 0 Å². The Balaban J connectivity index is 2.34. The minimum atomic E-state index is -0.0874. The minimum Gasteiger partial charge on any atom is -0.406 e. The summed E-state index contributed by atoms with van der Waals surface area (Å²) in [5.41, 5.74) is 0. The molecule has 0 bridgehead atoms. The van der Waals surface area contributed by atoms with E-state index in [1.165, 1.54) is 0 Å². The first kappa shape index (κ1) is 16.4. The fourth-order valence-corrected chi connectivity index (χ4v) is 1.47. The molecule has 1 aromatic rings. The Hall–Kier alpha value is -1.63. The van der Waals surface area contributed by atoms with Crippen LogP contribution in [0.1, 0.15) is 46.0 Å². The van der Waals surface area contributed by atoms with Gasteiger partial charge in [-0.3, -0.25) is 4.79 Å². The number of nitrogens with one attached hydrogen (secondary N) is 3. The second-order valence-corrected chi connectivity index (χ2v) is 5.17. The second kappa shape index (κ2) is 8.52. The van der Waals surface area contributed by atoms with Gasteiger partial charge in [-0.15, -0.1) is 5.10 Å². The van der Waals surface area contributed by atoms with E-state index in [1.807, 2.05) is 20.8 Å². The molecule has 7 heteroatoms. The zero-order valence-corrected chi connectivity index (χ0v) is 12.7. The summed E-state index contributed by atoms with van der Waals surface area (Å²) >= 11 is 0. The molecule has 0 saturated heterocycles. The number of carbonyl (C=O) groups is 1. The van der Waals surface area contributed by atoms with E-state index in [9.17, 15) is 4.79 Å². The average Bonchev–Trinajstić information content (AvgIpc) is 2.89. The average molecular weight is 283 g/mol. The molecule has 0 aromatic carbocycles. The number of rotatable bonds is 9. The van der Waals surface area contributed by atoms with Crippen molar-refractivity contribution in [3.05, 3.63) is 5.89 Å². The van der Waals surface area contributed by atoms with Crippen molar-refractivity contribution < 1.29 is 9.21 Å². The van der Waals surface area contributed by atoms with Crippen molar-refractivity contribution in [1.29, 1.82) is 0 Å². The summed E-state index contributed by atoms with van der Waals surface area (Å²) in [6.07, 6.45) is 1.04. The molecule has 1 aromatic heterocycles. The molecule has 0 spiro atoms. The molecular formula is C13H25N5O2. The number of hydrogen-bond acceptors (Lipinski definition) is 6. The van der Waals surface area contributed by atoms with Crippen LogP contribution in [0, 0.1) is 5.92 Å². The van der Waals surface area contributed by atoms with Gasteiger partial charge in [-0.1, -0.05) is 25.9 Å². The van der Waals surface area contributed by atoms with Gasteiger partial charge in [-0.25, -0.2) is 0 Å². The van der Waals surface area contributed by atoms with Gasteiger partial charge in [0.2, 0.25) is 11.8 Å². The fraction of sp³-hybridized carbons (Fsp3) is 0.769. The molecule has 0 saturated carbocycles. The lowest BCUT2D eigenvalue weighted by Gasteiger charge is -2.08. The third kappa shape index (κ3) is 6.01. The fourth-order valence-electron chi connectivity index (χ4n) is 1.47. The van der Waals surface area contributed by atoms with E-state index in [2.05, 4.69) is 33.1 Å². The lowest BCUT2D eigenvalue weighted by Crippen LogP contribution is -2.32. The smallest absolute Gasteiger partial charge is 0.315 e. The van der Waals surface area contributed by atoms with Crippen LogP contribution < -0.4 is 16.0 Å². The zero-order valence-electron chi connectivity index (χ0n) is 12.7. The van der Waals surface area contributed by atoms with Crippen LogP contribution in [0.25, 0.3) is 0 Å². The molecule has 0 aliphatic carbocycles. The van der Waals surface area contributed by atoms with Gasteiger partial charge in [-0.2, -0.15) is 0 Å². The molecule has 7 nitrogen and oxygen atoms in total. The second-order valence-electron chi connectivity index (χ2n) is 5.17. The van der Waals surface area contributed by atoms with Gasteiger partial charge < -0.3 is 20.4 Å². The predicted molar refractivity (Wildman–Crippen MR) is 77.3 cm³/mol. The molecule has 1 heterocycles.